The Morgan fingerprint density at radius 2 is 2.24 bits per heavy atom. The highest BCUT2D eigenvalue weighted by atomic mass is 35.5. The van der Waals surface area contributed by atoms with E-state index < -0.39 is 16.1 Å². The van der Waals surface area contributed by atoms with Gasteiger partial charge in [-0.2, -0.15) is 0 Å². The third-order valence-electron chi connectivity index (χ3n) is 3.74. The SMILES string of the molecule is NS(=O)(=O)CC1CCCN(CC(O)c2cccc(Cl)c2)C1. The van der Waals surface area contributed by atoms with Gasteiger partial charge in [-0.05, 0) is 43.0 Å². The van der Waals surface area contributed by atoms with Gasteiger partial charge >= 0.3 is 0 Å². The molecule has 1 saturated heterocycles. The zero-order valence-corrected chi connectivity index (χ0v) is 13.4. The summed E-state index contributed by atoms with van der Waals surface area (Å²) in [5, 5.41) is 16.0. The summed E-state index contributed by atoms with van der Waals surface area (Å²) in [6, 6.07) is 7.15. The topological polar surface area (TPSA) is 83.6 Å². The van der Waals surface area contributed by atoms with E-state index in [0.29, 0.717) is 18.1 Å². The molecule has 1 heterocycles. The third kappa shape index (κ3) is 5.56. The molecule has 1 aliphatic heterocycles. The largest absolute Gasteiger partial charge is 0.387 e. The van der Waals surface area contributed by atoms with Crippen LogP contribution in [0.3, 0.4) is 0 Å². The van der Waals surface area contributed by atoms with Crippen molar-refractivity contribution in [3.8, 4) is 0 Å². The van der Waals surface area contributed by atoms with Crippen molar-refractivity contribution < 1.29 is 13.5 Å². The number of aliphatic hydroxyl groups is 1. The summed E-state index contributed by atoms with van der Waals surface area (Å²) in [7, 11) is -3.44. The van der Waals surface area contributed by atoms with Gasteiger partial charge in [0.2, 0.25) is 10.0 Å². The lowest BCUT2D eigenvalue weighted by Crippen LogP contribution is -2.41. The zero-order valence-electron chi connectivity index (χ0n) is 11.8. The van der Waals surface area contributed by atoms with Gasteiger partial charge in [-0.1, -0.05) is 23.7 Å². The average molecular weight is 333 g/mol. The number of nitrogens with two attached hydrogens (primary N) is 1. The van der Waals surface area contributed by atoms with E-state index in [0.717, 1.165) is 24.9 Å². The molecule has 0 saturated carbocycles. The molecule has 1 aromatic rings. The average Bonchev–Trinajstić information content (AvgIpc) is 2.37. The second-order valence-electron chi connectivity index (χ2n) is 5.67. The Morgan fingerprint density at radius 3 is 2.90 bits per heavy atom. The first-order valence-corrected chi connectivity index (χ1v) is 9.09. The van der Waals surface area contributed by atoms with Gasteiger partial charge in [0.25, 0.3) is 0 Å². The molecule has 0 aliphatic carbocycles. The summed E-state index contributed by atoms with van der Waals surface area (Å²) >= 11 is 5.92. The second-order valence-corrected chi connectivity index (χ2v) is 7.76. The highest BCUT2D eigenvalue weighted by Crippen LogP contribution is 2.22. The molecule has 2 atom stereocenters. The van der Waals surface area contributed by atoms with Crippen LogP contribution in [0.5, 0.6) is 0 Å². The minimum absolute atomic E-state index is 0.0107. The first kappa shape index (κ1) is 16.7. The van der Waals surface area contributed by atoms with Crippen molar-refractivity contribution >= 4 is 21.6 Å². The van der Waals surface area contributed by atoms with Crippen molar-refractivity contribution in [3.05, 3.63) is 34.9 Å². The van der Waals surface area contributed by atoms with Crippen molar-refractivity contribution in [1.82, 2.24) is 4.90 Å². The van der Waals surface area contributed by atoms with Crippen LogP contribution in [0.4, 0.5) is 0 Å². The molecule has 0 spiro atoms. The minimum Gasteiger partial charge on any atom is -0.387 e. The molecule has 0 bridgehead atoms. The molecule has 118 valence electrons. The summed E-state index contributed by atoms with van der Waals surface area (Å²) in [4.78, 5) is 2.09. The summed E-state index contributed by atoms with van der Waals surface area (Å²) in [5.41, 5.74) is 0.774. The van der Waals surface area contributed by atoms with E-state index >= 15 is 0 Å². The van der Waals surface area contributed by atoms with Gasteiger partial charge in [0, 0.05) is 18.1 Å². The van der Waals surface area contributed by atoms with Gasteiger partial charge in [0.05, 0.1) is 11.9 Å². The molecule has 5 nitrogen and oxygen atoms in total. The van der Waals surface area contributed by atoms with Crippen molar-refractivity contribution in [3.63, 3.8) is 0 Å². The van der Waals surface area contributed by atoms with Crippen LogP contribution >= 0.6 is 11.6 Å². The molecule has 7 heteroatoms. The molecule has 1 fully saturated rings. The van der Waals surface area contributed by atoms with Crippen LogP contribution in [0.25, 0.3) is 0 Å². The Bertz CT molecular complexity index is 579. The Morgan fingerprint density at radius 1 is 1.48 bits per heavy atom. The molecule has 0 amide bonds. The van der Waals surface area contributed by atoms with Crippen molar-refractivity contribution in [1.29, 1.82) is 0 Å². The van der Waals surface area contributed by atoms with Crippen LogP contribution in [0.2, 0.25) is 5.02 Å². The van der Waals surface area contributed by atoms with Crippen molar-refractivity contribution in [2.45, 2.75) is 18.9 Å². The first-order chi connectivity index (χ1) is 9.83. The van der Waals surface area contributed by atoms with Gasteiger partial charge in [0.1, 0.15) is 0 Å². The molecule has 21 heavy (non-hydrogen) atoms. The van der Waals surface area contributed by atoms with Crippen molar-refractivity contribution in [2.24, 2.45) is 11.1 Å². The van der Waals surface area contributed by atoms with Gasteiger partial charge in [0.15, 0.2) is 0 Å². The summed E-state index contributed by atoms with van der Waals surface area (Å²) < 4.78 is 22.4. The summed E-state index contributed by atoms with van der Waals surface area (Å²) in [6.45, 7) is 1.98. The lowest BCUT2D eigenvalue weighted by molar-refractivity contribution is 0.0880. The van der Waals surface area contributed by atoms with Crippen LogP contribution in [-0.4, -0.2) is 43.8 Å². The van der Waals surface area contributed by atoms with Crippen molar-refractivity contribution in [2.75, 3.05) is 25.4 Å². The lowest BCUT2D eigenvalue weighted by Gasteiger charge is -2.33. The monoisotopic (exact) mass is 332 g/mol. The van der Waals surface area contributed by atoms with Gasteiger partial charge in [-0.3, -0.25) is 0 Å². The molecule has 3 N–H and O–H groups in total. The highest BCUT2D eigenvalue weighted by molar-refractivity contribution is 7.89. The maximum atomic E-state index is 11.2. The number of β-amino-alcohol motifs (C(OH)–C–C–N with tert-alkyl or cyclic N) is 1. The van der Waals surface area contributed by atoms with E-state index in [1.165, 1.54) is 0 Å². The molecule has 0 radical (unpaired) electrons. The van der Waals surface area contributed by atoms with E-state index in [1.54, 1.807) is 18.2 Å². The third-order valence-corrected chi connectivity index (χ3v) is 4.91. The number of nitrogens with zero attached hydrogens (tertiary/aromatic N) is 1. The van der Waals surface area contributed by atoms with E-state index in [2.05, 4.69) is 4.90 Å². The number of benzene rings is 1. The maximum Gasteiger partial charge on any atom is 0.209 e. The van der Waals surface area contributed by atoms with E-state index in [-0.39, 0.29) is 11.7 Å². The lowest BCUT2D eigenvalue weighted by atomic mass is 9.99. The number of hydrogen-bond donors (Lipinski definition) is 2. The fourth-order valence-electron chi connectivity index (χ4n) is 2.85. The smallest absolute Gasteiger partial charge is 0.209 e. The predicted octanol–water partition coefficient (Wildman–Crippen LogP) is 1.37. The molecule has 1 aromatic carbocycles. The number of piperidine rings is 1. The van der Waals surface area contributed by atoms with Crippen LogP contribution in [-0.2, 0) is 10.0 Å². The van der Waals surface area contributed by atoms with Crippen LogP contribution in [0.15, 0.2) is 24.3 Å². The summed E-state index contributed by atoms with van der Waals surface area (Å²) in [6.07, 6.45) is 1.15. The van der Waals surface area contributed by atoms with Crippen LogP contribution in [0.1, 0.15) is 24.5 Å². The van der Waals surface area contributed by atoms with Crippen LogP contribution in [0, 0.1) is 5.92 Å². The molecular formula is C14H21ClN2O3S. The fourth-order valence-corrected chi connectivity index (χ4v) is 3.97. The quantitative estimate of drug-likeness (QED) is 0.853. The van der Waals surface area contributed by atoms with E-state index in [4.69, 9.17) is 16.7 Å². The summed E-state index contributed by atoms with van der Waals surface area (Å²) in [5.74, 6) is 0.0526. The number of aliphatic hydroxyl groups excluding tert-OH is 1. The van der Waals surface area contributed by atoms with Gasteiger partial charge in [-0.15, -0.1) is 0 Å². The molecule has 2 rings (SSSR count). The predicted molar refractivity (Wildman–Crippen MR) is 83.6 cm³/mol. The highest BCUT2D eigenvalue weighted by Gasteiger charge is 2.25. The Kier molecular flexibility index (Phi) is 5.62. The number of sulfonamides is 1. The number of halogens is 1. The number of hydrogen-bond acceptors (Lipinski definition) is 4. The second kappa shape index (κ2) is 7.07. The Labute approximate surface area is 130 Å². The Hall–Kier alpha value is -0.660. The number of primary sulfonamides is 1. The normalized spacial score (nSPS) is 22.1. The minimum atomic E-state index is -3.44. The Balaban J connectivity index is 1.93. The van der Waals surface area contributed by atoms with E-state index in [1.807, 2.05) is 6.07 Å². The van der Waals surface area contributed by atoms with E-state index in [9.17, 15) is 13.5 Å². The number of likely N-dealkylation sites (tertiary alicyclic amines) is 1. The van der Waals surface area contributed by atoms with Gasteiger partial charge in [-0.25, -0.2) is 13.6 Å². The van der Waals surface area contributed by atoms with Crippen LogP contribution < -0.4 is 5.14 Å². The zero-order chi connectivity index (χ0) is 15.5. The first-order valence-electron chi connectivity index (χ1n) is 7.00. The fraction of sp³-hybridized carbons (Fsp3) is 0.571. The molecule has 0 aromatic heterocycles. The standard InChI is InChI=1S/C14H21ClN2O3S/c15-13-5-1-4-12(7-13)14(18)9-17-6-2-3-11(8-17)10-21(16,19)20/h1,4-5,7,11,14,18H,2-3,6,8-10H2,(H2,16,19,20). The maximum absolute atomic E-state index is 11.2. The van der Waals surface area contributed by atoms with Gasteiger partial charge < -0.3 is 10.0 Å². The molecular weight excluding hydrogens is 312 g/mol. The molecule has 2 unspecified atom stereocenters. The number of rotatable bonds is 5. The molecule has 1 aliphatic rings.